The summed E-state index contributed by atoms with van der Waals surface area (Å²) in [6.45, 7) is 6.53. The van der Waals surface area contributed by atoms with E-state index >= 15 is 0 Å². The highest BCUT2D eigenvalue weighted by atomic mass is 35.6. The molecule has 1 amide bonds. The first-order valence-electron chi connectivity index (χ1n) is 4.15. The molecule has 0 aliphatic heterocycles. The van der Waals surface area contributed by atoms with Crippen molar-refractivity contribution in [2.75, 3.05) is 6.54 Å². The standard InChI is InChI=1S/C9H14Cl3NO/c1-8(2,3)5-4-6-13-7(14)9(10,11)12/h4-5H,6H2,1-3H3,(H,13,14)/b5-4+. The van der Waals surface area contributed by atoms with E-state index in [1.165, 1.54) is 0 Å². The van der Waals surface area contributed by atoms with Crippen molar-refractivity contribution in [3.63, 3.8) is 0 Å². The Labute approximate surface area is 99.6 Å². The summed E-state index contributed by atoms with van der Waals surface area (Å²) in [5.74, 6) is -0.610. The van der Waals surface area contributed by atoms with E-state index in [9.17, 15) is 4.79 Å². The van der Waals surface area contributed by atoms with Gasteiger partial charge in [-0.1, -0.05) is 67.7 Å². The number of carbonyl (C=O) groups is 1. The van der Waals surface area contributed by atoms with Gasteiger partial charge in [-0.05, 0) is 5.41 Å². The van der Waals surface area contributed by atoms with Crippen molar-refractivity contribution < 1.29 is 4.79 Å². The largest absolute Gasteiger partial charge is 0.349 e. The average Bonchev–Trinajstić information content (AvgIpc) is 1.93. The molecule has 0 aromatic heterocycles. The third kappa shape index (κ3) is 7.48. The second kappa shape index (κ2) is 5.24. The number of hydrogen-bond donors (Lipinski definition) is 1. The number of halogens is 3. The van der Waals surface area contributed by atoms with Gasteiger partial charge in [-0.15, -0.1) is 0 Å². The molecule has 0 spiro atoms. The van der Waals surface area contributed by atoms with Gasteiger partial charge in [0.25, 0.3) is 9.70 Å². The summed E-state index contributed by atoms with van der Waals surface area (Å²) in [6.07, 6.45) is 3.81. The van der Waals surface area contributed by atoms with Crippen LogP contribution in [0.3, 0.4) is 0 Å². The summed E-state index contributed by atoms with van der Waals surface area (Å²) >= 11 is 16.0. The van der Waals surface area contributed by atoms with Crippen LogP contribution in [0.4, 0.5) is 0 Å². The Hall–Kier alpha value is 0.0800. The van der Waals surface area contributed by atoms with Gasteiger partial charge >= 0.3 is 0 Å². The lowest BCUT2D eigenvalue weighted by Crippen LogP contribution is -2.34. The molecule has 0 atom stereocenters. The highest BCUT2D eigenvalue weighted by Crippen LogP contribution is 2.25. The summed E-state index contributed by atoms with van der Waals surface area (Å²) in [7, 11) is 0. The minimum Gasteiger partial charge on any atom is -0.349 e. The van der Waals surface area contributed by atoms with E-state index in [2.05, 4.69) is 26.1 Å². The molecule has 0 aliphatic rings. The minimum atomic E-state index is -1.88. The summed E-state index contributed by atoms with van der Waals surface area (Å²) in [6, 6.07) is 0. The van der Waals surface area contributed by atoms with Crippen LogP contribution in [0.1, 0.15) is 20.8 Å². The first-order valence-corrected chi connectivity index (χ1v) is 5.29. The number of nitrogens with one attached hydrogen (secondary N) is 1. The maximum Gasteiger partial charge on any atom is 0.272 e. The van der Waals surface area contributed by atoms with E-state index in [1.54, 1.807) is 0 Å². The fourth-order valence-corrected chi connectivity index (χ4v) is 0.865. The maximum atomic E-state index is 11.0. The van der Waals surface area contributed by atoms with E-state index in [1.807, 2.05) is 12.2 Å². The minimum absolute atomic E-state index is 0.0880. The van der Waals surface area contributed by atoms with E-state index in [0.29, 0.717) is 6.54 Å². The van der Waals surface area contributed by atoms with Gasteiger partial charge in [-0.3, -0.25) is 4.79 Å². The first kappa shape index (κ1) is 14.1. The van der Waals surface area contributed by atoms with Crippen molar-refractivity contribution in [1.82, 2.24) is 5.32 Å². The van der Waals surface area contributed by atoms with Gasteiger partial charge in [0, 0.05) is 6.54 Å². The molecule has 2 nitrogen and oxygen atoms in total. The van der Waals surface area contributed by atoms with Crippen LogP contribution >= 0.6 is 34.8 Å². The van der Waals surface area contributed by atoms with E-state index in [4.69, 9.17) is 34.8 Å². The maximum absolute atomic E-state index is 11.0. The van der Waals surface area contributed by atoms with E-state index in [0.717, 1.165) is 0 Å². The van der Waals surface area contributed by atoms with Crippen LogP contribution in [0.15, 0.2) is 12.2 Å². The highest BCUT2D eigenvalue weighted by Gasteiger charge is 2.29. The van der Waals surface area contributed by atoms with Crippen LogP contribution in [-0.2, 0) is 4.79 Å². The zero-order valence-corrected chi connectivity index (χ0v) is 10.7. The van der Waals surface area contributed by atoms with Gasteiger partial charge in [0.15, 0.2) is 0 Å². The Balaban J connectivity index is 3.88. The van der Waals surface area contributed by atoms with Crippen molar-refractivity contribution >= 4 is 40.7 Å². The lowest BCUT2D eigenvalue weighted by atomic mass is 9.96. The summed E-state index contributed by atoms with van der Waals surface area (Å²) in [5, 5.41) is 2.47. The number of rotatable bonds is 2. The van der Waals surface area contributed by atoms with Gasteiger partial charge < -0.3 is 5.32 Å². The third-order valence-corrected chi connectivity index (χ3v) is 1.77. The molecule has 0 heterocycles. The molecule has 0 bridgehead atoms. The Kier molecular flexibility index (Phi) is 5.27. The zero-order chi connectivity index (χ0) is 11.4. The monoisotopic (exact) mass is 257 g/mol. The predicted octanol–water partition coefficient (Wildman–Crippen LogP) is 3.08. The molecule has 0 saturated heterocycles. The molecule has 5 heteroatoms. The SMILES string of the molecule is CC(C)(C)/C=C/CNC(=O)C(Cl)(Cl)Cl. The van der Waals surface area contributed by atoms with Gasteiger partial charge in [0.05, 0.1) is 0 Å². The van der Waals surface area contributed by atoms with Crippen LogP contribution in [0.2, 0.25) is 0 Å². The van der Waals surface area contributed by atoms with Gasteiger partial charge in [0.1, 0.15) is 0 Å². The third-order valence-electron chi connectivity index (χ3n) is 1.26. The summed E-state index contributed by atoms with van der Waals surface area (Å²) in [5.41, 5.74) is 0.0880. The van der Waals surface area contributed by atoms with E-state index < -0.39 is 9.70 Å². The van der Waals surface area contributed by atoms with Crippen molar-refractivity contribution in [3.8, 4) is 0 Å². The number of amides is 1. The highest BCUT2D eigenvalue weighted by molar-refractivity contribution is 6.76. The molecule has 0 fully saturated rings. The molecular weight excluding hydrogens is 244 g/mol. The lowest BCUT2D eigenvalue weighted by Gasteiger charge is -2.12. The molecule has 0 radical (unpaired) electrons. The second-order valence-corrected chi connectivity index (χ2v) is 6.26. The van der Waals surface area contributed by atoms with E-state index in [-0.39, 0.29) is 5.41 Å². The van der Waals surface area contributed by atoms with Gasteiger partial charge in [0.2, 0.25) is 0 Å². The normalized spacial score (nSPS) is 13.3. The summed E-state index contributed by atoms with van der Waals surface area (Å²) < 4.78 is -1.88. The van der Waals surface area contributed by atoms with Crippen molar-refractivity contribution in [2.45, 2.75) is 24.6 Å². The molecule has 82 valence electrons. The quantitative estimate of drug-likeness (QED) is 0.598. The van der Waals surface area contributed by atoms with Crippen molar-refractivity contribution in [3.05, 3.63) is 12.2 Å². The Morgan fingerprint density at radius 2 is 1.79 bits per heavy atom. The lowest BCUT2D eigenvalue weighted by molar-refractivity contribution is -0.120. The molecule has 0 aliphatic carbocycles. The smallest absolute Gasteiger partial charge is 0.272 e. The van der Waals surface area contributed by atoms with Crippen LogP contribution in [-0.4, -0.2) is 16.2 Å². The first-order chi connectivity index (χ1) is 6.13. The van der Waals surface area contributed by atoms with Crippen LogP contribution < -0.4 is 5.32 Å². The Morgan fingerprint density at radius 3 is 2.14 bits per heavy atom. The fourth-order valence-electron chi connectivity index (χ4n) is 0.664. The summed E-state index contributed by atoms with van der Waals surface area (Å²) in [4.78, 5) is 11.0. The molecule has 0 aromatic rings. The van der Waals surface area contributed by atoms with Gasteiger partial charge in [-0.2, -0.15) is 0 Å². The zero-order valence-electron chi connectivity index (χ0n) is 8.40. The predicted molar refractivity (Wildman–Crippen MR) is 61.9 cm³/mol. The average molecular weight is 259 g/mol. The molecule has 0 saturated carbocycles. The Morgan fingerprint density at radius 1 is 1.29 bits per heavy atom. The van der Waals surface area contributed by atoms with Crippen molar-refractivity contribution in [2.24, 2.45) is 5.41 Å². The van der Waals surface area contributed by atoms with Crippen LogP contribution in [0.25, 0.3) is 0 Å². The Bertz CT molecular complexity index is 225. The van der Waals surface area contributed by atoms with Gasteiger partial charge in [-0.25, -0.2) is 0 Å². The topological polar surface area (TPSA) is 29.1 Å². The van der Waals surface area contributed by atoms with Crippen LogP contribution in [0, 0.1) is 5.41 Å². The molecular formula is C9H14Cl3NO. The molecule has 0 aromatic carbocycles. The number of hydrogen-bond acceptors (Lipinski definition) is 1. The van der Waals surface area contributed by atoms with Crippen molar-refractivity contribution in [1.29, 1.82) is 0 Å². The number of carbonyl (C=O) groups excluding carboxylic acids is 1. The molecule has 1 N–H and O–H groups in total. The number of alkyl halides is 3. The second-order valence-electron chi connectivity index (χ2n) is 3.98. The molecule has 14 heavy (non-hydrogen) atoms. The molecule has 0 unspecified atom stereocenters. The molecule has 0 rings (SSSR count). The van der Waals surface area contributed by atoms with Crippen LogP contribution in [0.5, 0.6) is 0 Å². The fraction of sp³-hybridized carbons (Fsp3) is 0.667. The number of allylic oxidation sites excluding steroid dienone is 1.